The topological polar surface area (TPSA) is 38.7 Å². The van der Waals surface area contributed by atoms with Gasteiger partial charge in [-0.15, -0.1) is 0 Å². The molecule has 0 aliphatic carbocycles. The van der Waals surface area contributed by atoms with Crippen molar-refractivity contribution in [2.75, 3.05) is 40.3 Å². The van der Waals surface area contributed by atoms with Crippen LogP contribution < -0.4 is 5.32 Å². The van der Waals surface area contributed by atoms with E-state index >= 15 is 0 Å². The van der Waals surface area contributed by atoms with Crippen LogP contribution in [0.4, 0.5) is 0 Å². The molecule has 2 unspecified atom stereocenters. The summed E-state index contributed by atoms with van der Waals surface area (Å²) in [4.78, 5) is 4.90. The van der Waals surface area contributed by atoms with Gasteiger partial charge in [-0.2, -0.15) is 0 Å². The number of nitrogens with zero attached hydrogens (tertiary/aromatic N) is 2. The second kappa shape index (κ2) is 8.47. The van der Waals surface area contributed by atoms with Gasteiger partial charge in [0.25, 0.3) is 0 Å². The average molecular weight is 300 g/mol. The van der Waals surface area contributed by atoms with Crippen LogP contribution in [-0.4, -0.2) is 72.9 Å². The van der Waals surface area contributed by atoms with Gasteiger partial charge in [0.2, 0.25) is 0 Å². The molecule has 0 amide bonds. The fourth-order valence-electron chi connectivity index (χ4n) is 3.51. The molecule has 1 rings (SSSR count). The van der Waals surface area contributed by atoms with Crippen LogP contribution in [0.15, 0.2) is 0 Å². The van der Waals surface area contributed by atoms with Gasteiger partial charge in [0.05, 0.1) is 6.61 Å². The first-order valence-electron chi connectivity index (χ1n) is 8.53. The van der Waals surface area contributed by atoms with Crippen LogP contribution in [0.25, 0.3) is 0 Å². The van der Waals surface area contributed by atoms with Crippen molar-refractivity contribution in [3.8, 4) is 0 Å². The number of aliphatic hydroxyl groups excluding tert-OH is 1. The number of piperidine rings is 1. The van der Waals surface area contributed by atoms with E-state index in [0.717, 1.165) is 12.3 Å². The van der Waals surface area contributed by atoms with Crippen LogP contribution in [0.2, 0.25) is 0 Å². The van der Waals surface area contributed by atoms with Gasteiger partial charge in [0.1, 0.15) is 0 Å². The number of likely N-dealkylation sites (tertiary alicyclic amines) is 1. The first kappa shape index (κ1) is 18.9. The smallest absolute Gasteiger partial charge is 0.0611 e. The Labute approximate surface area is 131 Å². The summed E-state index contributed by atoms with van der Waals surface area (Å²) in [5.41, 5.74) is -0.186. The highest BCUT2D eigenvalue weighted by atomic mass is 16.3. The summed E-state index contributed by atoms with van der Waals surface area (Å²) in [6.45, 7) is 12.5. The molecule has 126 valence electrons. The van der Waals surface area contributed by atoms with E-state index < -0.39 is 0 Å². The van der Waals surface area contributed by atoms with E-state index in [1.165, 1.54) is 32.5 Å². The molecule has 2 atom stereocenters. The van der Waals surface area contributed by atoms with Crippen molar-refractivity contribution in [1.82, 2.24) is 15.1 Å². The number of hydrogen-bond donors (Lipinski definition) is 2. The van der Waals surface area contributed by atoms with Crippen molar-refractivity contribution < 1.29 is 5.11 Å². The summed E-state index contributed by atoms with van der Waals surface area (Å²) in [6.07, 6.45) is 3.61. The van der Waals surface area contributed by atoms with E-state index in [9.17, 15) is 5.11 Å². The summed E-state index contributed by atoms with van der Waals surface area (Å²) in [5.74, 6) is 0.826. The van der Waals surface area contributed by atoms with Gasteiger partial charge in [0, 0.05) is 24.2 Å². The number of hydrogen-bond acceptors (Lipinski definition) is 4. The predicted octanol–water partition coefficient (Wildman–Crippen LogP) is 1.79. The monoisotopic (exact) mass is 299 g/mol. The van der Waals surface area contributed by atoms with Gasteiger partial charge in [-0.1, -0.05) is 13.8 Å². The van der Waals surface area contributed by atoms with E-state index in [2.05, 4.69) is 56.9 Å². The molecule has 0 aromatic heterocycles. The van der Waals surface area contributed by atoms with E-state index in [1.54, 1.807) is 0 Å². The molecule has 21 heavy (non-hydrogen) atoms. The fraction of sp³-hybridized carbons (Fsp3) is 1.00. The zero-order valence-corrected chi connectivity index (χ0v) is 15.0. The van der Waals surface area contributed by atoms with E-state index in [4.69, 9.17) is 0 Å². The highest BCUT2D eigenvalue weighted by Crippen LogP contribution is 2.21. The van der Waals surface area contributed by atoms with Crippen molar-refractivity contribution in [2.24, 2.45) is 5.92 Å². The summed E-state index contributed by atoms with van der Waals surface area (Å²) in [7, 11) is 4.45. The Kier molecular flexibility index (Phi) is 7.62. The lowest BCUT2D eigenvalue weighted by Gasteiger charge is -2.38. The molecule has 4 heteroatoms. The zero-order chi connectivity index (χ0) is 16.0. The van der Waals surface area contributed by atoms with Crippen molar-refractivity contribution in [1.29, 1.82) is 0 Å². The molecule has 0 radical (unpaired) electrons. The van der Waals surface area contributed by atoms with Crippen LogP contribution >= 0.6 is 0 Å². The van der Waals surface area contributed by atoms with Crippen molar-refractivity contribution in [3.63, 3.8) is 0 Å². The first-order valence-corrected chi connectivity index (χ1v) is 8.53. The van der Waals surface area contributed by atoms with Crippen molar-refractivity contribution >= 4 is 0 Å². The largest absolute Gasteiger partial charge is 0.394 e. The molecule has 1 fully saturated rings. The Bertz CT molecular complexity index is 290. The summed E-state index contributed by atoms with van der Waals surface area (Å²) < 4.78 is 0. The standard InChI is InChI=1S/C17H37N3O/c1-14(2)18-17(4,13-21)11-15(3)20(6)12-16-7-9-19(5)10-8-16/h14-16,18,21H,7-13H2,1-6H3. The van der Waals surface area contributed by atoms with Crippen LogP contribution in [0, 0.1) is 5.92 Å². The molecule has 0 saturated carbocycles. The highest BCUT2D eigenvalue weighted by Gasteiger charge is 2.29. The molecule has 0 bridgehead atoms. The van der Waals surface area contributed by atoms with Crippen LogP contribution in [-0.2, 0) is 0 Å². The third-order valence-corrected chi connectivity index (χ3v) is 4.87. The Hall–Kier alpha value is -0.160. The molecule has 4 nitrogen and oxygen atoms in total. The van der Waals surface area contributed by atoms with Gasteiger partial charge in [-0.3, -0.25) is 0 Å². The normalized spacial score (nSPS) is 22.7. The maximum atomic E-state index is 9.73. The number of rotatable bonds is 8. The SMILES string of the molecule is CC(C)NC(C)(CO)CC(C)N(C)CC1CCN(C)CC1. The first-order chi connectivity index (χ1) is 9.75. The molecule has 0 aromatic rings. The number of nitrogens with one attached hydrogen (secondary N) is 1. The second-order valence-corrected chi connectivity index (χ2v) is 7.76. The summed E-state index contributed by atoms with van der Waals surface area (Å²) in [5, 5.41) is 13.2. The third-order valence-electron chi connectivity index (χ3n) is 4.87. The molecule has 0 aromatic carbocycles. The van der Waals surface area contributed by atoms with E-state index in [-0.39, 0.29) is 12.1 Å². The minimum Gasteiger partial charge on any atom is -0.394 e. The van der Waals surface area contributed by atoms with Gasteiger partial charge in [-0.25, -0.2) is 0 Å². The van der Waals surface area contributed by atoms with Gasteiger partial charge >= 0.3 is 0 Å². The lowest BCUT2D eigenvalue weighted by atomic mass is 9.91. The Balaban J connectivity index is 2.43. The molecule has 1 saturated heterocycles. The minimum atomic E-state index is -0.186. The highest BCUT2D eigenvalue weighted by molar-refractivity contribution is 4.88. The maximum absolute atomic E-state index is 9.73. The minimum absolute atomic E-state index is 0.186. The Morgan fingerprint density at radius 3 is 2.33 bits per heavy atom. The predicted molar refractivity (Wildman–Crippen MR) is 90.7 cm³/mol. The van der Waals surface area contributed by atoms with Crippen molar-refractivity contribution in [3.05, 3.63) is 0 Å². The molecule has 2 N–H and O–H groups in total. The Morgan fingerprint density at radius 1 is 1.29 bits per heavy atom. The molecule has 1 heterocycles. The Morgan fingerprint density at radius 2 is 1.86 bits per heavy atom. The summed E-state index contributed by atoms with van der Waals surface area (Å²) >= 11 is 0. The third kappa shape index (κ3) is 6.64. The fourth-order valence-corrected chi connectivity index (χ4v) is 3.51. The van der Waals surface area contributed by atoms with Gasteiger partial charge < -0.3 is 20.2 Å². The maximum Gasteiger partial charge on any atom is 0.0611 e. The lowest BCUT2D eigenvalue weighted by Crippen LogP contribution is -2.53. The van der Waals surface area contributed by atoms with E-state index in [1.807, 2.05) is 0 Å². The average Bonchev–Trinajstić information content (AvgIpc) is 2.40. The molecule has 0 spiro atoms. The van der Waals surface area contributed by atoms with Crippen molar-refractivity contribution in [2.45, 2.75) is 64.6 Å². The lowest BCUT2D eigenvalue weighted by molar-refractivity contribution is 0.103. The quantitative estimate of drug-likeness (QED) is 0.717. The van der Waals surface area contributed by atoms with Crippen LogP contribution in [0.3, 0.4) is 0 Å². The van der Waals surface area contributed by atoms with Crippen LogP contribution in [0.1, 0.15) is 47.0 Å². The van der Waals surface area contributed by atoms with Gasteiger partial charge in [0.15, 0.2) is 0 Å². The van der Waals surface area contributed by atoms with E-state index in [0.29, 0.717) is 12.1 Å². The molecule has 1 aliphatic heterocycles. The van der Waals surface area contributed by atoms with Gasteiger partial charge in [-0.05, 0) is 66.2 Å². The number of aliphatic hydroxyl groups is 1. The second-order valence-electron chi connectivity index (χ2n) is 7.76. The summed E-state index contributed by atoms with van der Waals surface area (Å²) in [6, 6.07) is 0.876. The zero-order valence-electron chi connectivity index (χ0n) is 15.0. The molecular weight excluding hydrogens is 262 g/mol. The molecular formula is C17H37N3O. The van der Waals surface area contributed by atoms with Crippen LogP contribution in [0.5, 0.6) is 0 Å². The molecule has 1 aliphatic rings.